The summed E-state index contributed by atoms with van der Waals surface area (Å²) in [4.78, 5) is 24.0. The number of carbonyl (C=O) groups is 2. The van der Waals surface area contributed by atoms with Gasteiger partial charge in [0.2, 0.25) is 0 Å². The van der Waals surface area contributed by atoms with E-state index in [2.05, 4.69) is 5.32 Å². The number of benzene rings is 2. The number of nitrogens with one attached hydrogen (secondary N) is 1. The fourth-order valence-electron chi connectivity index (χ4n) is 3.95. The minimum atomic E-state index is -1.14. The van der Waals surface area contributed by atoms with Gasteiger partial charge in [-0.25, -0.2) is 14.0 Å². The zero-order valence-corrected chi connectivity index (χ0v) is 20.3. The van der Waals surface area contributed by atoms with Crippen LogP contribution in [-0.4, -0.2) is 47.5 Å². The van der Waals surface area contributed by atoms with Crippen LogP contribution in [0, 0.1) is 5.82 Å². The highest BCUT2D eigenvalue weighted by Gasteiger charge is 2.45. The van der Waals surface area contributed by atoms with Gasteiger partial charge >= 0.3 is 12.1 Å². The number of carbonyl (C=O) groups excluding carboxylic acids is 1. The maximum absolute atomic E-state index is 13.3. The molecule has 1 amide bonds. The summed E-state index contributed by atoms with van der Waals surface area (Å²) < 4.78 is 30.4. The Morgan fingerprint density at radius 3 is 2.80 bits per heavy atom. The summed E-state index contributed by atoms with van der Waals surface area (Å²) in [5.41, 5.74) is 1.81. The van der Waals surface area contributed by atoms with Crippen LogP contribution < -0.4 is 5.32 Å². The summed E-state index contributed by atoms with van der Waals surface area (Å²) in [5, 5.41) is 12.5. The first-order valence-electron chi connectivity index (χ1n) is 11.1. The van der Waals surface area contributed by atoms with Crippen molar-refractivity contribution in [2.45, 2.75) is 42.3 Å². The second-order valence-corrected chi connectivity index (χ2v) is 9.88. The molecule has 2 unspecified atom stereocenters. The summed E-state index contributed by atoms with van der Waals surface area (Å²) in [6.07, 6.45) is 1.50. The van der Waals surface area contributed by atoms with Gasteiger partial charge in [0.15, 0.2) is 5.79 Å². The Bertz CT molecular complexity index is 1100. The van der Waals surface area contributed by atoms with Crippen LogP contribution in [0.5, 0.6) is 0 Å². The van der Waals surface area contributed by atoms with E-state index in [-0.39, 0.29) is 30.6 Å². The molecule has 7 nitrogen and oxygen atoms in total. The van der Waals surface area contributed by atoms with Gasteiger partial charge in [-0.3, -0.25) is 0 Å². The first-order chi connectivity index (χ1) is 16.8. The number of thioether (sulfide) groups is 1. The van der Waals surface area contributed by atoms with Crippen LogP contribution in [0.25, 0.3) is 0 Å². The fourth-order valence-corrected chi connectivity index (χ4v) is 5.53. The summed E-state index contributed by atoms with van der Waals surface area (Å²) in [6.45, 7) is 0.545. The highest BCUT2D eigenvalue weighted by Crippen LogP contribution is 2.41. The monoisotopic (exact) mass is 521 g/mol. The highest BCUT2D eigenvalue weighted by molar-refractivity contribution is 7.99. The molecule has 0 bridgehead atoms. The molecular formula is C25H25ClFNO6S. The third-order valence-electron chi connectivity index (χ3n) is 5.75. The normalized spacial score (nSPS) is 23.7. The van der Waals surface area contributed by atoms with Crippen LogP contribution in [0.4, 0.5) is 9.18 Å². The summed E-state index contributed by atoms with van der Waals surface area (Å²) in [7, 11) is 0. The predicted molar refractivity (Wildman–Crippen MR) is 130 cm³/mol. The van der Waals surface area contributed by atoms with E-state index < -0.39 is 29.8 Å². The molecule has 1 saturated heterocycles. The van der Waals surface area contributed by atoms with E-state index in [1.807, 2.05) is 30.3 Å². The Morgan fingerprint density at radius 1 is 1.26 bits per heavy atom. The number of halogens is 2. The molecule has 2 aromatic rings. The molecule has 0 aromatic heterocycles. The van der Waals surface area contributed by atoms with Gasteiger partial charge in [0, 0.05) is 29.0 Å². The van der Waals surface area contributed by atoms with Crippen molar-refractivity contribution in [1.29, 1.82) is 0 Å². The molecule has 1 fully saturated rings. The zero-order valence-electron chi connectivity index (χ0n) is 18.7. The SMILES string of the molecule is O=C(NC[C@H]1COC2(C=C(C(=O)O)C(SCc3ccc(F)cc3Cl)CC2)O1)OCc1ccccc1. The standard InChI is InChI=1S/C25H25ClFNO6S/c26-21-10-18(27)7-6-17(21)15-35-22-8-9-25(11-20(22)23(29)30)33-14-19(34-25)12-28-24(31)32-13-16-4-2-1-3-5-16/h1-7,10-11,19,22H,8-9,12-15H2,(H,28,31)(H,29,30)/t19-,22?,25?/m0/s1. The smallest absolute Gasteiger partial charge is 0.407 e. The van der Waals surface area contributed by atoms with Crippen LogP contribution in [0.3, 0.4) is 0 Å². The molecule has 2 aliphatic rings. The quantitative estimate of drug-likeness (QED) is 0.509. The van der Waals surface area contributed by atoms with E-state index >= 15 is 0 Å². The Balaban J connectivity index is 1.30. The van der Waals surface area contributed by atoms with Gasteiger partial charge in [-0.15, -0.1) is 11.8 Å². The van der Waals surface area contributed by atoms with Crippen molar-refractivity contribution < 1.29 is 33.3 Å². The van der Waals surface area contributed by atoms with Crippen LogP contribution in [-0.2, 0) is 31.4 Å². The molecule has 35 heavy (non-hydrogen) atoms. The third kappa shape index (κ3) is 6.76. The molecule has 4 rings (SSSR count). The lowest BCUT2D eigenvalue weighted by Gasteiger charge is -2.33. The molecule has 3 atom stereocenters. The Morgan fingerprint density at radius 2 is 2.06 bits per heavy atom. The largest absolute Gasteiger partial charge is 0.478 e. The molecule has 1 aliphatic heterocycles. The zero-order chi connectivity index (χ0) is 24.8. The molecule has 1 heterocycles. The van der Waals surface area contributed by atoms with Crippen molar-refractivity contribution in [2.75, 3.05) is 13.2 Å². The van der Waals surface area contributed by atoms with Gasteiger partial charge in [0.05, 0.1) is 12.2 Å². The van der Waals surface area contributed by atoms with Gasteiger partial charge in [-0.2, -0.15) is 0 Å². The van der Waals surface area contributed by atoms with E-state index in [1.165, 1.54) is 30.0 Å². The number of alkyl carbamates (subject to hydrolysis) is 1. The van der Waals surface area contributed by atoms with E-state index in [1.54, 1.807) is 6.07 Å². The van der Waals surface area contributed by atoms with Gasteiger partial charge in [-0.05, 0) is 35.8 Å². The molecule has 0 radical (unpaired) electrons. The van der Waals surface area contributed by atoms with Crippen molar-refractivity contribution in [2.24, 2.45) is 0 Å². The van der Waals surface area contributed by atoms with E-state index in [0.717, 1.165) is 11.1 Å². The maximum Gasteiger partial charge on any atom is 0.407 e. The van der Waals surface area contributed by atoms with Crippen molar-refractivity contribution in [3.8, 4) is 0 Å². The topological polar surface area (TPSA) is 94.1 Å². The first kappa shape index (κ1) is 25.5. The Labute approximate surface area is 211 Å². The van der Waals surface area contributed by atoms with Gasteiger partial charge in [0.25, 0.3) is 0 Å². The van der Waals surface area contributed by atoms with Crippen molar-refractivity contribution in [3.05, 3.63) is 82.1 Å². The third-order valence-corrected chi connectivity index (χ3v) is 7.47. The summed E-state index contributed by atoms with van der Waals surface area (Å²) in [5.74, 6) is -2.16. The summed E-state index contributed by atoms with van der Waals surface area (Å²) >= 11 is 7.53. The number of amides is 1. The lowest BCUT2D eigenvalue weighted by Crippen LogP contribution is -2.38. The van der Waals surface area contributed by atoms with Crippen molar-refractivity contribution >= 4 is 35.4 Å². The van der Waals surface area contributed by atoms with Gasteiger partial charge in [0.1, 0.15) is 18.5 Å². The number of hydrogen-bond donors (Lipinski definition) is 2. The van der Waals surface area contributed by atoms with E-state index in [0.29, 0.717) is 23.6 Å². The molecule has 1 aliphatic carbocycles. The van der Waals surface area contributed by atoms with Crippen LogP contribution in [0.1, 0.15) is 24.0 Å². The lowest BCUT2D eigenvalue weighted by molar-refractivity contribution is -0.143. The second-order valence-electron chi connectivity index (χ2n) is 8.28. The fraction of sp³-hybridized carbons (Fsp3) is 0.360. The lowest BCUT2D eigenvalue weighted by atomic mass is 9.94. The number of ether oxygens (including phenoxy) is 3. The number of hydrogen-bond acceptors (Lipinski definition) is 6. The van der Waals surface area contributed by atoms with E-state index in [9.17, 15) is 19.1 Å². The minimum Gasteiger partial charge on any atom is -0.478 e. The number of aliphatic carboxylic acids is 1. The Hall–Kier alpha value is -2.59. The van der Waals surface area contributed by atoms with Crippen LogP contribution >= 0.6 is 23.4 Å². The number of rotatable bonds is 8. The molecule has 2 N–H and O–H groups in total. The molecular weight excluding hydrogens is 497 g/mol. The maximum atomic E-state index is 13.3. The minimum absolute atomic E-state index is 0.158. The van der Waals surface area contributed by atoms with Crippen molar-refractivity contribution in [1.82, 2.24) is 5.32 Å². The van der Waals surface area contributed by atoms with Crippen molar-refractivity contribution in [3.63, 3.8) is 0 Å². The van der Waals surface area contributed by atoms with E-state index in [4.69, 9.17) is 25.8 Å². The molecule has 0 saturated carbocycles. The molecule has 10 heteroatoms. The highest BCUT2D eigenvalue weighted by atomic mass is 35.5. The van der Waals surface area contributed by atoms with Crippen LogP contribution in [0.15, 0.2) is 60.2 Å². The molecule has 2 aromatic carbocycles. The second kappa shape index (κ2) is 11.4. The average molecular weight is 522 g/mol. The van der Waals surface area contributed by atoms with Gasteiger partial charge in [-0.1, -0.05) is 48.0 Å². The van der Waals surface area contributed by atoms with Gasteiger partial charge < -0.3 is 24.6 Å². The van der Waals surface area contributed by atoms with Crippen LogP contribution in [0.2, 0.25) is 5.02 Å². The summed E-state index contributed by atoms with van der Waals surface area (Å²) in [6, 6.07) is 13.5. The number of carboxylic acid groups (broad SMARTS) is 1. The Kier molecular flexibility index (Phi) is 8.33. The predicted octanol–water partition coefficient (Wildman–Crippen LogP) is 4.92. The number of carboxylic acids is 1. The first-order valence-corrected chi connectivity index (χ1v) is 12.5. The molecule has 1 spiro atoms. The molecule has 186 valence electrons. The average Bonchev–Trinajstić information content (AvgIpc) is 3.24.